The van der Waals surface area contributed by atoms with Crippen LogP contribution in [0.1, 0.15) is 31.2 Å². The molecule has 2 saturated heterocycles. The number of amides is 1. The number of rotatable bonds is 5. The van der Waals surface area contributed by atoms with Crippen LogP contribution in [0, 0.1) is 5.92 Å². The highest BCUT2D eigenvalue weighted by Gasteiger charge is 2.30. The number of piperidine rings is 1. The molecule has 2 N–H and O–H groups in total. The molecule has 8 nitrogen and oxygen atoms in total. The summed E-state index contributed by atoms with van der Waals surface area (Å²) in [7, 11) is 0. The molecule has 2 aromatic rings. The number of nitrogens with zero attached hydrogens (tertiary/aromatic N) is 4. The van der Waals surface area contributed by atoms with Crippen molar-refractivity contribution in [2.24, 2.45) is 5.92 Å². The molecule has 3 heterocycles. The number of hydrogen-bond acceptors (Lipinski definition) is 6. The lowest BCUT2D eigenvalue weighted by atomic mass is 9.94. The van der Waals surface area contributed by atoms with E-state index in [0.717, 1.165) is 63.1 Å². The minimum atomic E-state index is 0.0713. The van der Waals surface area contributed by atoms with Gasteiger partial charge in [-0.2, -0.15) is 5.21 Å². The minimum absolute atomic E-state index is 0.0713. The van der Waals surface area contributed by atoms with Crippen molar-refractivity contribution in [1.29, 1.82) is 0 Å². The Labute approximate surface area is 158 Å². The molecule has 0 aliphatic carbocycles. The Morgan fingerprint density at radius 1 is 1.30 bits per heavy atom. The van der Waals surface area contributed by atoms with Crippen molar-refractivity contribution in [3.05, 3.63) is 29.8 Å². The van der Waals surface area contributed by atoms with Crippen molar-refractivity contribution in [3.63, 3.8) is 0 Å². The molecule has 1 aromatic heterocycles. The number of ether oxygens (including phenoxy) is 1. The third-order valence-electron chi connectivity index (χ3n) is 5.53. The predicted octanol–water partition coefficient (Wildman–Crippen LogP) is 1.37. The van der Waals surface area contributed by atoms with Crippen molar-refractivity contribution in [2.45, 2.75) is 38.3 Å². The van der Waals surface area contributed by atoms with Crippen LogP contribution in [-0.4, -0.2) is 63.8 Å². The SMILES string of the molecule is O=C(NCc1cccc(-c2nn[nH]n2)c1)[C@H]1CCCN(C2CCOCC2)C1. The zero-order valence-electron chi connectivity index (χ0n) is 15.4. The van der Waals surface area contributed by atoms with E-state index in [1.54, 1.807) is 0 Å². The van der Waals surface area contributed by atoms with E-state index in [-0.39, 0.29) is 11.8 Å². The monoisotopic (exact) mass is 370 g/mol. The summed E-state index contributed by atoms with van der Waals surface area (Å²) in [5, 5.41) is 17.2. The number of tetrazole rings is 1. The van der Waals surface area contributed by atoms with Crippen LogP contribution in [0.5, 0.6) is 0 Å². The number of benzene rings is 1. The van der Waals surface area contributed by atoms with Gasteiger partial charge in [-0.25, -0.2) is 0 Å². The van der Waals surface area contributed by atoms with Gasteiger partial charge in [0, 0.05) is 37.9 Å². The number of H-pyrrole nitrogens is 1. The number of likely N-dealkylation sites (tertiary alicyclic amines) is 1. The number of carbonyl (C=O) groups excluding carboxylic acids is 1. The Balaban J connectivity index is 1.32. The van der Waals surface area contributed by atoms with E-state index in [9.17, 15) is 4.79 Å². The van der Waals surface area contributed by atoms with Gasteiger partial charge in [-0.15, -0.1) is 10.2 Å². The van der Waals surface area contributed by atoms with E-state index >= 15 is 0 Å². The van der Waals surface area contributed by atoms with Crippen LogP contribution >= 0.6 is 0 Å². The van der Waals surface area contributed by atoms with Crippen molar-refractivity contribution >= 4 is 5.91 Å². The highest BCUT2D eigenvalue weighted by molar-refractivity contribution is 5.79. The third kappa shape index (κ3) is 4.51. The standard InChI is InChI=1S/C19H26N6O2/c26-19(16-5-2-8-25(13-16)17-6-9-27-10-7-17)20-12-14-3-1-4-15(11-14)18-21-23-24-22-18/h1,3-4,11,16-17H,2,5-10,12-13H2,(H,20,26)(H,21,22,23,24)/t16-/m0/s1. The normalized spacial score (nSPS) is 21.9. The van der Waals surface area contributed by atoms with E-state index in [0.29, 0.717) is 18.4 Å². The van der Waals surface area contributed by atoms with Gasteiger partial charge >= 0.3 is 0 Å². The second-order valence-corrected chi connectivity index (χ2v) is 7.33. The molecule has 2 fully saturated rings. The summed E-state index contributed by atoms with van der Waals surface area (Å²) >= 11 is 0. The van der Waals surface area contributed by atoms with Crippen LogP contribution in [0.25, 0.3) is 11.4 Å². The Kier molecular flexibility index (Phi) is 5.74. The van der Waals surface area contributed by atoms with Crippen LogP contribution < -0.4 is 5.32 Å². The summed E-state index contributed by atoms with van der Waals surface area (Å²) in [6.07, 6.45) is 4.21. The number of aromatic nitrogens is 4. The summed E-state index contributed by atoms with van der Waals surface area (Å²) in [4.78, 5) is 15.2. The molecule has 0 unspecified atom stereocenters. The zero-order valence-corrected chi connectivity index (χ0v) is 15.4. The molecule has 144 valence electrons. The fourth-order valence-corrected chi connectivity index (χ4v) is 4.04. The fourth-order valence-electron chi connectivity index (χ4n) is 4.04. The Morgan fingerprint density at radius 3 is 3.00 bits per heavy atom. The lowest BCUT2D eigenvalue weighted by Crippen LogP contribution is -2.48. The molecule has 27 heavy (non-hydrogen) atoms. The van der Waals surface area contributed by atoms with Gasteiger partial charge in [0.1, 0.15) is 0 Å². The van der Waals surface area contributed by atoms with Gasteiger partial charge in [-0.3, -0.25) is 9.69 Å². The molecular weight excluding hydrogens is 344 g/mol. The van der Waals surface area contributed by atoms with Gasteiger partial charge in [0.05, 0.1) is 5.92 Å². The number of hydrogen-bond donors (Lipinski definition) is 2. The lowest BCUT2D eigenvalue weighted by molar-refractivity contribution is -0.127. The fraction of sp³-hybridized carbons (Fsp3) is 0.579. The molecule has 0 radical (unpaired) electrons. The average molecular weight is 370 g/mol. The van der Waals surface area contributed by atoms with Crippen molar-refractivity contribution < 1.29 is 9.53 Å². The zero-order chi connectivity index (χ0) is 18.5. The quantitative estimate of drug-likeness (QED) is 0.825. The number of aromatic amines is 1. The van der Waals surface area contributed by atoms with Crippen LogP contribution in [0.15, 0.2) is 24.3 Å². The average Bonchev–Trinajstić information content (AvgIpc) is 3.28. The van der Waals surface area contributed by atoms with Gasteiger partial charge < -0.3 is 10.1 Å². The molecule has 0 spiro atoms. The van der Waals surface area contributed by atoms with Crippen LogP contribution in [-0.2, 0) is 16.1 Å². The lowest BCUT2D eigenvalue weighted by Gasteiger charge is -2.39. The Bertz CT molecular complexity index is 744. The molecule has 4 rings (SSSR count). The Hall–Kier alpha value is -2.32. The van der Waals surface area contributed by atoms with E-state index in [4.69, 9.17) is 4.74 Å². The first-order chi connectivity index (χ1) is 13.3. The second-order valence-electron chi connectivity index (χ2n) is 7.33. The van der Waals surface area contributed by atoms with Crippen molar-refractivity contribution in [1.82, 2.24) is 30.8 Å². The van der Waals surface area contributed by atoms with Crippen LogP contribution in [0.4, 0.5) is 0 Å². The molecule has 8 heteroatoms. The first kappa shape index (κ1) is 18.1. The summed E-state index contributed by atoms with van der Waals surface area (Å²) < 4.78 is 5.47. The topological polar surface area (TPSA) is 96.0 Å². The molecule has 2 aliphatic rings. The number of carbonyl (C=O) groups is 1. The maximum absolute atomic E-state index is 12.7. The first-order valence-electron chi connectivity index (χ1n) is 9.72. The van der Waals surface area contributed by atoms with Gasteiger partial charge in [0.15, 0.2) is 0 Å². The van der Waals surface area contributed by atoms with E-state index < -0.39 is 0 Å². The van der Waals surface area contributed by atoms with Crippen LogP contribution in [0.3, 0.4) is 0 Å². The maximum Gasteiger partial charge on any atom is 0.224 e. The van der Waals surface area contributed by atoms with Gasteiger partial charge in [0.25, 0.3) is 0 Å². The van der Waals surface area contributed by atoms with E-state index in [1.807, 2.05) is 24.3 Å². The highest BCUT2D eigenvalue weighted by atomic mass is 16.5. The summed E-state index contributed by atoms with van der Waals surface area (Å²) in [5.74, 6) is 0.779. The third-order valence-corrected chi connectivity index (χ3v) is 5.53. The van der Waals surface area contributed by atoms with E-state index in [1.165, 1.54) is 0 Å². The van der Waals surface area contributed by atoms with E-state index in [2.05, 4.69) is 30.8 Å². The van der Waals surface area contributed by atoms with Gasteiger partial charge in [-0.05, 0) is 49.1 Å². The molecule has 0 saturated carbocycles. The summed E-state index contributed by atoms with van der Waals surface area (Å²) in [5.41, 5.74) is 1.92. The van der Waals surface area contributed by atoms with Crippen molar-refractivity contribution in [2.75, 3.05) is 26.3 Å². The van der Waals surface area contributed by atoms with Crippen LogP contribution in [0.2, 0.25) is 0 Å². The second kappa shape index (κ2) is 8.58. The largest absolute Gasteiger partial charge is 0.381 e. The smallest absolute Gasteiger partial charge is 0.224 e. The van der Waals surface area contributed by atoms with Gasteiger partial charge in [-0.1, -0.05) is 18.2 Å². The molecule has 1 atom stereocenters. The predicted molar refractivity (Wildman–Crippen MR) is 99.6 cm³/mol. The Morgan fingerprint density at radius 2 is 2.19 bits per heavy atom. The maximum atomic E-state index is 12.7. The first-order valence-corrected chi connectivity index (χ1v) is 9.72. The van der Waals surface area contributed by atoms with Crippen molar-refractivity contribution in [3.8, 4) is 11.4 Å². The molecular formula is C19H26N6O2. The highest BCUT2D eigenvalue weighted by Crippen LogP contribution is 2.23. The minimum Gasteiger partial charge on any atom is -0.381 e. The molecule has 0 bridgehead atoms. The molecule has 2 aliphatic heterocycles. The molecule has 1 aromatic carbocycles. The molecule has 1 amide bonds. The number of nitrogens with one attached hydrogen (secondary N) is 2. The summed E-state index contributed by atoms with van der Waals surface area (Å²) in [6, 6.07) is 8.43. The van der Waals surface area contributed by atoms with Gasteiger partial charge in [0.2, 0.25) is 11.7 Å². The summed E-state index contributed by atoms with van der Waals surface area (Å²) in [6.45, 7) is 4.16.